The molecule has 0 aliphatic carbocycles. The monoisotopic (exact) mass is 153 g/mol. The van der Waals surface area contributed by atoms with Crippen molar-refractivity contribution in [2.24, 2.45) is 18.7 Å². The van der Waals surface area contributed by atoms with Gasteiger partial charge in [-0.2, -0.15) is 5.10 Å². The van der Waals surface area contributed by atoms with E-state index in [0.29, 0.717) is 5.92 Å². The Hall–Kier alpha value is -0.830. The Bertz CT molecular complexity index is 227. The summed E-state index contributed by atoms with van der Waals surface area (Å²) < 4.78 is 1.78. The first-order valence-electron chi connectivity index (χ1n) is 3.85. The highest BCUT2D eigenvalue weighted by atomic mass is 15.2. The van der Waals surface area contributed by atoms with E-state index in [-0.39, 0.29) is 6.04 Å². The summed E-state index contributed by atoms with van der Waals surface area (Å²) in [4.78, 5) is 0. The van der Waals surface area contributed by atoms with Gasteiger partial charge >= 0.3 is 0 Å². The lowest BCUT2D eigenvalue weighted by atomic mass is 10.0. The van der Waals surface area contributed by atoms with Gasteiger partial charge in [0.1, 0.15) is 0 Å². The molecule has 2 N–H and O–H groups in total. The molecule has 0 amide bonds. The molecular weight excluding hydrogens is 138 g/mol. The van der Waals surface area contributed by atoms with Crippen LogP contribution in [0.3, 0.4) is 0 Å². The molecule has 0 aromatic carbocycles. The minimum Gasteiger partial charge on any atom is -0.324 e. The molecule has 3 heteroatoms. The van der Waals surface area contributed by atoms with Crippen LogP contribution in [0.1, 0.15) is 25.5 Å². The van der Waals surface area contributed by atoms with Gasteiger partial charge < -0.3 is 5.73 Å². The summed E-state index contributed by atoms with van der Waals surface area (Å²) in [5.74, 6) is 0.471. The molecule has 1 heterocycles. The molecular formula is C8H15N3. The number of hydrogen-bond acceptors (Lipinski definition) is 2. The Morgan fingerprint density at radius 2 is 2.18 bits per heavy atom. The maximum Gasteiger partial charge on any atom is 0.0537 e. The van der Waals surface area contributed by atoms with Crippen LogP contribution in [0, 0.1) is 5.92 Å². The third-order valence-electron chi connectivity index (χ3n) is 1.83. The molecule has 0 saturated heterocycles. The number of rotatable bonds is 2. The number of nitrogens with two attached hydrogens (primary N) is 1. The van der Waals surface area contributed by atoms with Gasteiger partial charge in [-0.3, -0.25) is 4.68 Å². The van der Waals surface area contributed by atoms with E-state index >= 15 is 0 Å². The lowest BCUT2D eigenvalue weighted by Crippen LogP contribution is -2.15. The van der Waals surface area contributed by atoms with Crippen LogP contribution < -0.4 is 5.73 Å². The van der Waals surface area contributed by atoms with Crippen molar-refractivity contribution in [3.05, 3.63) is 18.0 Å². The third kappa shape index (κ3) is 1.80. The summed E-state index contributed by atoms with van der Waals surface area (Å²) in [6.45, 7) is 4.22. The van der Waals surface area contributed by atoms with E-state index in [1.54, 1.807) is 4.68 Å². The number of nitrogens with zero attached hydrogens (tertiary/aromatic N) is 2. The van der Waals surface area contributed by atoms with Crippen LogP contribution in [0.4, 0.5) is 0 Å². The Kier molecular flexibility index (Phi) is 2.29. The highest BCUT2D eigenvalue weighted by Crippen LogP contribution is 2.16. The van der Waals surface area contributed by atoms with Crippen molar-refractivity contribution in [1.82, 2.24) is 9.78 Å². The molecule has 0 fully saturated rings. The van der Waals surface area contributed by atoms with Gasteiger partial charge in [0.15, 0.2) is 0 Å². The van der Waals surface area contributed by atoms with Crippen LogP contribution in [0.25, 0.3) is 0 Å². The lowest BCUT2D eigenvalue weighted by molar-refractivity contribution is 0.514. The van der Waals surface area contributed by atoms with Gasteiger partial charge in [0.05, 0.1) is 6.20 Å². The van der Waals surface area contributed by atoms with Gasteiger partial charge in [-0.15, -0.1) is 0 Å². The molecule has 0 aliphatic heterocycles. The average molecular weight is 153 g/mol. The summed E-state index contributed by atoms with van der Waals surface area (Å²) in [7, 11) is 1.90. The maximum absolute atomic E-state index is 5.90. The first-order valence-corrected chi connectivity index (χ1v) is 3.85. The molecule has 0 saturated carbocycles. The molecule has 0 aliphatic rings. The minimum atomic E-state index is 0.115. The van der Waals surface area contributed by atoms with E-state index < -0.39 is 0 Å². The summed E-state index contributed by atoms with van der Waals surface area (Å²) in [5.41, 5.74) is 7.01. The fraction of sp³-hybridized carbons (Fsp3) is 0.625. The maximum atomic E-state index is 5.90. The molecule has 11 heavy (non-hydrogen) atoms. The molecule has 62 valence electrons. The smallest absolute Gasteiger partial charge is 0.0537 e. The zero-order valence-electron chi connectivity index (χ0n) is 7.28. The predicted molar refractivity (Wildman–Crippen MR) is 45.0 cm³/mol. The second-order valence-electron chi connectivity index (χ2n) is 3.22. The Morgan fingerprint density at radius 1 is 1.55 bits per heavy atom. The van der Waals surface area contributed by atoms with Gasteiger partial charge in [0.2, 0.25) is 0 Å². The largest absolute Gasteiger partial charge is 0.324 e. The summed E-state index contributed by atoms with van der Waals surface area (Å²) >= 11 is 0. The van der Waals surface area contributed by atoms with E-state index in [9.17, 15) is 0 Å². The molecule has 0 radical (unpaired) electrons. The topological polar surface area (TPSA) is 43.8 Å². The first-order chi connectivity index (χ1) is 5.11. The standard InChI is InChI=1S/C8H15N3/c1-6(2)8(9)7-4-10-11(3)5-7/h4-6,8H,9H2,1-3H3. The lowest BCUT2D eigenvalue weighted by Gasteiger charge is -2.12. The zero-order chi connectivity index (χ0) is 8.43. The van der Waals surface area contributed by atoms with Crippen molar-refractivity contribution in [2.45, 2.75) is 19.9 Å². The summed E-state index contributed by atoms with van der Waals surface area (Å²) in [6, 6.07) is 0.115. The second kappa shape index (κ2) is 3.05. The molecule has 1 aromatic rings. The number of hydrogen-bond donors (Lipinski definition) is 1. The summed E-state index contributed by atoms with van der Waals surface area (Å²) in [5, 5.41) is 4.06. The third-order valence-corrected chi connectivity index (χ3v) is 1.83. The van der Waals surface area contributed by atoms with Crippen molar-refractivity contribution in [3.8, 4) is 0 Å². The van der Waals surface area contributed by atoms with Crippen molar-refractivity contribution in [3.63, 3.8) is 0 Å². The molecule has 1 unspecified atom stereocenters. The first kappa shape index (κ1) is 8.27. The van der Waals surface area contributed by atoms with Crippen LogP contribution in [-0.2, 0) is 7.05 Å². The highest BCUT2D eigenvalue weighted by Gasteiger charge is 2.11. The van der Waals surface area contributed by atoms with Gasteiger partial charge in [0.25, 0.3) is 0 Å². The highest BCUT2D eigenvalue weighted by molar-refractivity contribution is 5.09. The number of aromatic nitrogens is 2. The van der Waals surface area contributed by atoms with Crippen molar-refractivity contribution in [2.75, 3.05) is 0 Å². The minimum absolute atomic E-state index is 0.115. The Balaban J connectivity index is 2.76. The predicted octanol–water partition coefficient (Wildman–Crippen LogP) is 1.08. The average Bonchev–Trinajstić information content (AvgIpc) is 2.34. The fourth-order valence-electron chi connectivity index (χ4n) is 0.997. The van der Waals surface area contributed by atoms with Crippen LogP contribution in [-0.4, -0.2) is 9.78 Å². The second-order valence-corrected chi connectivity index (χ2v) is 3.22. The van der Waals surface area contributed by atoms with Gasteiger partial charge in [0, 0.05) is 24.8 Å². The van der Waals surface area contributed by atoms with Crippen molar-refractivity contribution in [1.29, 1.82) is 0 Å². The van der Waals surface area contributed by atoms with Crippen LogP contribution in [0.15, 0.2) is 12.4 Å². The van der Waals surface area contributed by atoms with E-state index in [1.165, 1.54) is 0 Å². The molecule has 1 rings (SSSR count). The fourth-order valence-corrected chi connectivity index (χ4v) is 0.997. The van der Waals surface area contributed by atoms with Gasteiger partial charge in [-0.05, 0) is 5.92 Å². The van der Waals surface area contributed by atoms with Crippen molar-refractivity contribution >= 4 is 0 Å². The number of aryl methyl sites for hydroxylation is 1. The van der Waals surface area contributed by atoms with Gasteiger partial charge in [-0.25, -0.2) is 0 Å². The quantitative estimate of drug-likeness (QED) is 0.690. The Morgan fingerprint density at radius 3 is 2.55 bits per heavy atom. The molecule has 1 atom stereocenters. The van der Waals surface area contributed by atoms with Gasteiger partial charge in [-0.1, -0.05) is 13.8 Å². The van der Waals surface area contributed by atoms with E-state index in [4.69, 9.17) is 5.73 Å². The zero-order valence-corrected chi connectivity index (χ0v) is 7.28. The van der Waals surface area contributed by atoms with E-state index in [1.807, 2.05) is 19.4 Å². The van der Waals surface area contributed by atoms with Crippen LogP contribution in [0.5, 0.6) is 0 Å². The normalized spacial score (nSPS) is 13.9. The van der Waals surface area contributed by atoms with Crippen molar-refractivity contribution < 1.29 is 0 Å². The van der Waals surface area contributed by atoms with E-state index in [2.05, 4.69) is 18.9 Å². The Labute approximate surface area is 67.2 Å². The molecule has 0 bridgehead atoms. The molecule has 1 aromatic heterocycles. The van der Waals surface area contributed by atoms with E-state index in [0.717, 1.165) is 5.56 Å². The SMILES string of the molecule is CC(C)C(N)c1cnn(C)c1. The molecule has 0 spiro atoms. The van der Waals surface area contributed by atoms with Crippen LogP contribution >= 0.6 is 0 Å². The van der Waals surface area contributed by atoms with Crippen LogP contribution in [0.2, 0.25) is 0 Å². The summed E-state index contributed by atoms with van der Waals surface area (Å²) in [6.07, 6.45) is 3.79. The molecule has 3 nitrogen and oxygen atoms in total.